The fourth-order valence-electron chi connectivity index (χ4n) is 1.46. The van der Waals surface area contributed by atoms with Gasteiger partial charge >= 0.3 is 5.97 Å². The van der Waals surface area contributed by atoms with Gasteiger partial charge in [-0.2, -0.15) is 0 Å². The molecule has 0 radical (unpaired) electrons. The molecule has 0 aromatic carbocycles. The Bertz CT molecular complexity index is 697. The van der Waals surface area contributed by atoms with Crippen molar-refractivity contribution in [3.63, 3.8) is 0 Å². The van der Waals surface area contributed by atoms with Crippen LogP contribution in [0.3, 0.4) is 0 Å². The van der Waals surface area contributed by atoms with E-state index in [0.29, 0.717) is 21.6 Å². The third-order valence-corrected chi connectivity index (χ3v) is 3.16. The van der Waals surface area contributed by atoms with Gasteiger partial charge in [0.15, 0.2) is 5.16 Å². The van der Waals surface area contributed by atoms with E-state index in [1.807, 2.05) is 0 Å². The van der Waals surface area contributed by atoms with E-state index in [9.17, 15) is 9.59 Å². The summed E-state index contributed by atoms with van der Waals surface area (Å²) >= 11 is 1.03. The van der Waals surface area contributed by atoms with Crippen LogP contribution in [0.4, 0.5) is 0 Å². The summed E-state index contributed by atoms with van der Waals surface area (Å²) in [7, 11) is 0. The molecule has 6 nitrogen and oxygen atoms in total. The number of aromatic amines is 1. The highest BCUT2D eigenvalue weighted by Crippen LogP contribution is 2.26. The van der Waals surface area contributed by atoms with Crippen LogP contribution in [0.1, 0.15) is 21.7 Å². The smallest absolute Gasteiger partial charge is 0.338 e. The average Bonchev–Trinajstić information content (AvgIpc) is 2.26. The van der Waals surface area contributed by atoms with Gasteiger partial charge in [-0.25, -0.2) is 14.8 Å². The number of carboxylic acids is 1. The molecular weight excluding hydrogens is 266 g/mol. The zero-order chi connectivity index (χ0) is 14.0. The molecule has 0 amide bonds. The van der Waals surface area contributed by atoms with Crippen molar-refractivity contribution in [1.29, 1.82) is 0 Å². The predicted octanol–water partition coefficient (Wildman–Crippen LogP) is 1.63. The summed E-state index contributed by atoms with van der Waals surface area (Å²) in [5, 5.41) is 9.73. The van der Waals surface area contributed by atoms with E-state index < -0.39 is 5.97 Å². The Morgan fingerprint density at radius 2 is 2.00 bits per heavy atom. The first-order chi connectivity index (χ1) is 8.95. The van der Waals surface area contributed by atoms with Crippen LogP contribution in [0, 0.1) is 13.8 Å². The third-order valence-electron chi connectivity index (χ3n) is 2.27. The standard InChI is InChI=1S/C12H11N3O3S/c1-6-3-4-8(11(17)18)10(13-6)19-12-14-7(2)5-9(16)15-12/h3-5H,1-2H3,(H,17,18)(H,14,15,16). The van der Waals surface area contributed by atoms with Crippen LogP contribution < -0.4 is 5.56 Å². The van der Waals surface area contributed by atoms with E-state index in [1.165, 1.54) is 12.1 Å². The number of nitrogens with zero attached hydrogens (tertiary/aromatic N) is 2. The third kappa shape index (κ3) is 3.19. The lowest BCUT2D eigenvalue weighted by atomic mass is 10.2. The molecule has 0 spiro atoms. The summed E-state index contributed by atoms with van der Waals surface area (Å²) in [5.74, 6) is -1.06. The van der Waals surface area contributed by atoms with Gasteiger partial charge in [0.25, 0.3) is 5.56 Å². The normalized spacial score (nSPS) is 10.4. The molecule has 7 heteroatoms. The molecule has 0 fully saturated rings. The summed E-state index contributed by atoms with van der Waals surface area (Å²) in [5.41, 5.74) is 1.07. The molecule has 2 aromatic rings. The van der Waals surface area contributed by atoms with Crippen molar-refractivity contribution in [2.75, 3.05) is 0 Å². The maximum Gasteiger partial charge on any atom is 0.338 e. The molecule has 2 rings (SSSR count). The highest BCUT2D eigenvalue weighted by Gasteiger charge is 2.14. The maximum atomic E-state index is 11.3. The summed E-state index contributed by atoms with van der Waals surface area (Å²) in [6, 6.07) is 4.48. The second-order valence-electron chi connectivity index (χ2n) is 3.90. The number of rotatable bonds is 3. The number of aromatic nitrogens is 3. The number of carbonyl (C=O) groups is 1. The Kier molecular flexibility index (Phi) is 3.66. The number of hydrogen-bond donors (Lipinski definition) is 2. The minimum Gasteiger partial charge on any atom is -0.478 e. The molecular formula is C12H11N3O3S. The monoisotopic (exact) mass is 277 g/mol. The fourth-order valence-corrected chi connectivity index (χ4v) is 2.44. The minimum absolute atomic E-state index is 0.0831. The van der Waals surface area contributed by atoms with E-state index in [-0.39, 0.29) is 11.1 Å². The van der Waals surface area contributed by atoms with Crippen LogP contribution in [0.2, 0.25) is 0 Å². The molecule has 2 heterocycles. The first-order valence-electron chi connectivity index (χ1n) is 5.42. The lowest BCUT2D eigenvalue weighted by molar-refractivity contribution is 0.0692. The van der Waals surface area contributed by atoms with E-state index in [1.54, 1.807) is 19.9 Å². The second-order valence-corrected chi connectivity index (χ2v) is 4.88. The molecule has 0 atom stereocenters. The summed E-state index contributed by atoms with van der Waals surface area (Å²) in [6.07, 6.45) is 0. The topological polar surface area (TPSA) is 95.9 Å². The van der Waals surface area contributed by atoms with E-state index in [4.69, 9.17) is 5.11 Å². The molecule has 19 heavy (non-hydrogen) atoms. The average molecular weight is 277 g/mol. The summed E-state index contributed by atoms with van der Waals surface area (Å²) in [6.45, 7) is 3.46. The van der Waals surface area contributed by atoms with Gasteiger partial charge in [-0.05, 0) is 37.7 Å². The van der Waals surface area contributed by atoms with Crippen LogP contribution in [0.5, 0.6) is 0 Å². The lowest BCUT2D eigenvalue weighted by Gasteiger charge is -2.05. The Balaban J connectivity index is 2.45. The van der Waals surface area contributed by atoms with Crippen molar-refractivity contribution in [1.82, 2.24) is 15.0 Å². The van der Waals surface area contributed by atoms with Gasteiger partial charge in [-0.15, -0.1) is 0 Å². The van der Waals surface area contributed by atoms with Gasteiger partial charge in [0.1, 0.15) is 5.03 Å². The number of pyridine rings is 1. The highest BCUT2D eigenvalue weighted by molar-refractivity contribution is 7.99. The van der Waals surface area contributed by atoms with E-state index in [2.05, 4.69) is 15.0 Å². The number of nitrogens with one attached hydrogen (secondary N) is 1. The van der Waals surface area contributed by atoms with Gasteiger partial charge in [-0.3, -0.25) is 4.79 Å². The van der Waals surface area contributed by atoms with Crippen LogP contribution in [0.15, 0.2) is 33.2 Å². The van der Waals surface area contributed by atoms with Crippen molar-refractivity contribution < 1.29 is 9.90 Å². The molecule has 98 valence electrons. The Morgan fingerprint density at radius 3 is 2.63 bits per heavy atom. The first kappa shape index (κ1) is 13.3. The van der Waals surface area contributed by atoms with Gasteiger partial charge < -0.3 is 10.1 Å². The number of carboxylic acid groups (broad SMARTS) is 1. The molecule has 0 saturated heterocycles. The fraction of sp³-hybridized carbons (Fsp3) is 0.167. The van der Waals surface area contributed by atoms with Crippen molar-refractivity contribution >= 4 is 17.7 Å². The first-order valence-corrected chi connectivity index (χ1v) is 6.24. The minimum atomic E-state index is -1.06. The quantitative estimate of drug-likeness (QED) is 0.828. The predicted molar refractivity (Wildman–Crippen MR) is 69.7 cm³/mol. The molecule has 2 N–H and O–H groups in total. The summed E-state index contributed by atoms with van der Waals surface area (Å²) < 4.78 is 0. The van der Waals surface area contributed by atoms with Gasteiger partial charge in [0, 0.05) is 17.5 Å². The van der Waals surface area contributed by atoms with Crippen molar-refractivity contribution in [2.45, 2.75) is 24.0 Å². The molecule has 0 aliphatic carbocycles. The maximum absolute atomic E-state index is 11.3. The number of aromatic carboxylic acids is 1. The van der Waals surface area contributed by atoms with Gasteiger partial charge in [0.2, 0.25) is 0 Å². The number of aryl methyl sites for hydroxylation is 2. The van der Waals surface area contributed by atoms with E-state index in [0.717, 1.165) is 11.8 Å². The van der Waals surface area contributed by atoms with Crippen molar-refractivity contribution in [3.8, 4) is 0 Å². The van der Waals surface area contributed by atoms with Crippen molar-refractivity contribution in [2.24, 2.45) is 0 Å². The van der Waals surface area contributed by atoms with Crippen LogP contribution in [0.25, 0.3) is 0 Å². The number of hydrogen-bond acceptors (Lipinski definition) is 5. The highest BCUT2D eigenvalue weighted by atomic mass is 32.2. The number of H-pyrrole nitrogens is 1. The zero-order valence-electron chi connectivity index (χ0n) is 10.3. The van der Waals surface area contributed by atoms with Gasteiger partial charge in [-0.1, -0.05) is 0 Å². The molecule has 0 saturated carbocycles. The van der Waals surface area contributed by atoms with Crippen LogP contribution in [-0.2, 0) is 0 Å². The molecule has 0 aliphatic heterocycles. The molecule has 0 unspecified atom stereocenters. The second kappa shape index (κ2) is 5.23. The Labute approximate surface area is 112 Å². The summed E-state index contributed by atoms with van der Waals surface area (Å²) in [4.78, 5) is 33.3. The molecule has 2 aromatic heterocycles. The largest absolute Gasteiger partial charge is 0.478 e. The molecule has 0 aliphatic rings. The van der Waals surface area contributed by atoms with E-state index >= 15 is 0 Å². The zero-order valence-corrected chi connectivity index (χ0v) is 11.1. The van der Waals surface area contributed by atoms with Crippen LogP contribution in [-0.4, -0.2) is 26.0 Å². The van der Waals surface area contributed by atoms with Gasteiger partial charge in [0.05, 0.1) is 5.56 Å². The Morgan fingerprint density at radius 1 is 1.26 bits per heavy atom. The Hall–Kier alpha value is -2.15. The van der Waals surface area contributed by atoms with Crippen molar-refractivity contribution in [3.05, 3.63) is 45.5 Å². The lowest BCUT2D eigenvalue weighted by Crippen LogP contribution is -2.09. The van der Waals surface area contributed by atoms with Crippen LogP contribution >= 0.6 is 11.8 Å². The SMILES string of the molecule is Cc1cc(=O)[nH]c(Sc2nc(C)ccc2C(=O)O)n1. The molecule has 0 bridgehead atoms.